The molecule has 0 spiro atoms. The summed E-state index contributed by atoms with van der Waals surface area (Å²) in [6.45, 7) is 8.31. The van der Waals surface area contributed by atoms with Crippen LogP contribution in [0.25, 0.3) is 0 Å². The Morgan fingerprint density at radius 1 is 1.18 bits per heavy atom. The van der Waals surface area contributed by atoms with Crippen LogP contribution in [0, 0.1) is 17.8 Å². The third-order valence-corrected chi connectivity index (χ3v) is 6.01. The SMILES string of the molecule is CCNC(C1CC(C)CC(C)C1)C1CCCS1. The summed E-state index contributed by atoms with van der Waals surface area (Å²) in [5.74, 6) is 4.21. The van der Waals surface area contributed by atoms with Crippen molar-refractivity contribution in [3.05, 3.63) is 0 Å². The fourth-order valence-corrected chi connectivity index (χ4v) is 5.52. The van der Waals surface area contributed by atoms with E-state index in [0.29, 0.717) is 0 Å². The Morgan fingerprint density at radius 2 is 1.88 bits per heavy atom. The molecule has 17 heavy (non-hydrogen) atoms. The van der Waals surface area contributed by atoms with Gasteiger partial charge in [-0.15, -0.1) is 0 Å². The molecule has 0 bridgehead atoms. The Morgan fingerprint density at radius 3 is 2.41 bits per heavy atom. The van der Waals surface area contributed by atoms with E-state index in [4.69, 9.17) is 0 Å². The maximum atomic E-state index is 3.81. The highest BCUT2D eigenvalue weighted by molar-refractivity contribution is 8.00. The molecular weight excluding hydrogens is 226 g/mol. The highest BCUT2D eigenvalue weighted by Gasteiger charge is 2.35. The zero-order chi connectivity index (χ0) is 12.3. The van der Waals surface area contributed by atoms with Crippen molar-refractivity contribution in [1.29, 1.82) is 0 Å². The van der Waals surface area contributed by atoms with Gasteiger partial charge >= 0.3 is 0 Å². The minimum Gasteiger partial charge on any atom is -0.313 e. The number of hydrogen-bond donors (Lipinski definition) is 1. The molecule has 1 nitrogen and oxygen atoms in total. The van der Waals surface area contributed by atoms with Crippen molar-refractivity contribution < 1.29 is 0 Å². The van der Waals surface area contributed by atoms with E-state index in [1.807, 2.05) is 0 Å². The molecule has 0 amide bonds. The Hall–Kier alpha value is 0.310. The second-order valence-corrected chi connectivity index (χ2v) is 7.66. The average Bonchev–Trinajstić information content (AvgIpc) is 2.77. The summed E-state index contributed by atoms with van der Waals surface area (Å²) in [7, 11) is 0. The normalized spacial score (nSPS) is 40.4. The lowest BCUT2D eigenvalue weighted by molar-refractivity contribution is 0.174. The first-order valence-electron chi connectivity index (χ1n) is 7.55. The summed E-state index contributed by atoms with van der Waals surface area (Å²) < 4.78 is 0. The molecule has 0 aromatic heterocycles. The number of thioether (sulfide) groups is 1. The molecule has 4 unspecified atom stereocenters. The van der Waals surface area contributed by atoms with Gasteiger partial charge in [0.2, 0.25) is 0 Å². The minimum atomic E-state index is 0.790. The molecule has 4 atom stereocenters. The zero-order valence-electron chi connectivity index (χ0n) is 11.7. The van der Waals surface area contributed by atoms with Crippen LogP contribution in [-0.4, -0.2) is 23.6 Å². The maximum absolute atomic E-state index is 3.81. The Bertz CT molecular complexity index is 215. The Labute approximate surface area is 112 Å². The summed E-state index contributed by atoms with van der Waals surface area (Å²) in [5, 5.41) is 4.71. The van der Waals surface area contributed by atoms with Crippen LogP contribution in [0.3, 0.4) is 0 Å². The standard InChI is InChI=1S/C15H29NS/c1-4-16-15(14-6-5-7-17-14)13-9-11(2)8-12(3)10-13/h11-16H,4-10H2,1-3H3. The van der Waals surface area contributed by atoms with Gasteiger partial charge in [-0.05, 0) is 62.2 Å². The van der Waals surface area contributed by atoms with E-state index in [-0.39, 0.29) is 0 Å². The summed E-state index contributed by atoms with van der Waals surface area (Å²) in [5.41, 5.74) is 0. The highest BCUT2D eigenvalue weighted by atomic mass is 32.2. The van der Waals surface area contributed by atoms with Crippen molar-refractivity contribution in [2.45, 2.75) is 64.2 Å². The van der Waals surface area contributed by atoms with Crippen LogP contribution in [0.4, 0.5) is 0 Å². The van der Waals surface area contributed by atoms with E-state index in [1.165, 1.54) is 37.9 Å². The van der Waals surface area contributed by atoms with Crippen LogP contribution in [0.1, 0.15) is 52.9 Å². The fraction of sp³-hybridized carbons (Fsp3) is 1.00. The first-order valence-corrected chi connectivity index (χ1v) is 8.60. The lowest BCUT2D eigenvalue weighted by Crippen LogP contribution is -2.45. The molecular formula is C15H29NS. The lowest BCUT2D eigenvalue weighted by atomic mass is 9.73. The first-order chi connectivity index (χ1) is 8.20. The van der Waals surface area contributed by atoms with Crippen molar-refractivity contribution in [3.8, 4) is 0 Å². The predicted octanol–water partition coefficient (Wildman–Crippen LogP) is 3.93. The molecule has 1 N–H and O–H groups in total. The van der Waals surface area contributed by atoms with Crippen molar-refractivity contribution in [1.82, 2.24) is 5.32 Å². The molecule has 100 valence electrons. The van der Waals surface area contributed by atoms with Gasteiger partial charge in [-0.25, -0.2) is 0 Å². The number of rotatable bonds is 4. The van der Waals surface area contributed by atoms with Crippen molar-refractivity contribution in [2.24, 2.45) is 17.8 Å². The predicted molar refractivity (Wildman–Crippen MR) is 78.6 cm³/mol. The van der Waals surface area contributed by atoms with E-state index in [2.05, 4.69) is 37.8 Å². The van der Waals surface area contributed by atoms with Gasteiger partial charge < -0.3 is 5.32 Å². The molecule has 1 heterocycles. The molecule has 1 aliphatic heterocycles. The third kappa shape index (κ3) is 3.64. The van der Waals surface area contributed by atoms with Gasteiger partial charge in [-0.1, -0.05) is 20.8 Å². The number of nitrogens with one attached hydrogen (secondary N) is 1. The topological polar surface area (TPSA) is 12.0 Å². The molecule has 2 aliphatic rings. The molecule has 1 saturated heterocycles. The van der Waals surface area contributed by atoms with E-state index >= 15 is 0 Å². The van der Waals surface area contributed by atoms with Gasteiger partial charge in [0.15, 0.2) is 0 Å². The first kappa shape index (κ1) is 13.7. The molecule has 0 aromatic rings. The van der Waals surface area contributed by atoms with Crippen LogP contribution < -0.4 is 5.32 Å². The molecule has 1 aliphatic carbocycles. The molecule has 1 saturated carbocycles. The van der Waals surface area contributed by atoms with E-state index in [1.54, 1.807) is 0 Å². The van der Waals surface area contributed by atoms with Crippen molar-refractivity contribution in [3.63, 3.8) is 0 Å². The highest BCUT2D eigenvalue weighted by Crippen LogP contribution is 2.40. The van der Waals surface area contributed by atoms with E-state index in [0.717, 1.165) is 35.6 Å². The zero-order valence-corrected chi connectivity index (χ0v) is 12.6. The van der Waals surface area contributed by atoms with Gasteiger partial charge in [0.05, 0.1) is 0 Å². The van der Waals surface area contributed by atoms with Gasteiger partial charge in [0, 0.05) is 11.3 Å². The molecule has 2 fully saturated rings. The minimum absolute atomic E-state index is 0.790. The Kier molecular flexibility index (Phi) is 5.23. The summed E-state index contributed by atoms with van der Waals surface area (Å²) >= 11 is 2.22. The third-order valence-electron chi connectivity index (χ3n) is 4.53. The van der Waals surface area contributed by atoms with Crippen molar-refractivity contribution >= 4 is 11.8 Å². The summed E-state index contributed by atoms with van der Waals surface area (Å²) in [6, 6.07) is 0.790. The average molecular weight is 255 g/mol. The van der Waals surface area contributed by atoms with Crippen LogP contribution >= 0.6 is 11.8 Å². The van der Waals surface area contributed by atoms with Gasteiger partial charge in [-0.3, -0.25) is 0 Å². The molecule has 2 heteroatoms. The number of hydrogen-bond acceptors (Lipinski definition) is 2. The van der Waals surface area contributed by atoms with Gasteiger partial charge in [0.25, 0.3) is 0 Å². The monoisotopic (exact) mass is 255 g/mol. The second-order valence-electron chi connectivity index (χ2n) is 6.31. The summed E-state index contributed by atoms with van der Waals surface area (Å²) in [4.78, 5) is 0. The summed E-state index contributed by atoms with van der Waals surface area (Å²) in [6.07, 6.45) is 7.25. The second kappa shape index (κ2) is 6.47. The Balaban J connectivity index is 1.98. The fourth-order valence-electron chi connectivity index (χ4n) is 4.03. The lowest BCUT2D eigenvalue weighted by Gasteiger charge is -2.39. The van der Waals surface area contributed by atoms with E-state index < -0.39 is 0 Å². The maximum Gasteiger partial charge on any atom is 0.0214 e. The van der Waals surface area contributed by atoms with Gasteiger partial charge in [-0.2, -0.15) is 11.8 Å². The van der Waals surface area contributed by atoms with Crippen LogP contribution in [0.2, 0.25) is 0 Å². The largest absolute Gasteiger partial charge is 0.313 e. The van der Waals surface area contributed by atoms with Crippen LogP contribution in [0.5, 0.6) is 0 Å². The van der Waals surface area contributed by atoms with Crippen LogP contribution in [0.15, 0.2) is 0 Å². The van der Waals surface area contributed by atoms with Crippen LogP contribution in [-0.2, 0) is 0 Å². The van der Waals surface area contributed by atoms with Crippen molar-refractivity contribution in [2.75, 3.05) is 12.3 Å². The van der Waals surface area contributed by atoms with Gasteiger partial charge in [0.1, 0.15) is 0 Å². The smallest absolute Gasteiger partial charge is 0.0214 e. The van der Waals surface area contributed by atoms with E-state index in [9.17, 15) is 0 Å². The molecule has 0 radical (unpaired) electrons. The molecule has 2 rings (SSSR count). The molecule has 0 aromatic carbocycles. The quantitative estimate of drug-likeness (QED) is 0.817.